The number of hydrogen-bond acceptors (Lipinski definition) is 5. The zero-order chi connectivity index (χ0) is 19.6. The molecule has 0 fully saturated rings. The summed E-state index contributed by atoms with van der Waals surface area (Å²) >= 11 is 1.51. The molecule has 0 aliphatic carbocycles. The van der Waals surface area contributed by atoms with E-state index in [1.54, 1.807) is 6.92 Å². The van der Waals surface area contributed by atoms with Crippen LogP contribution in [0.4, 0.5) is 4.79 Å². The first kappa shape index (κ1) is 22.2. The lowest BCUT2D eigenvalue weighted by atomic mass is 10.1. The predicted molar refractivity (Wildman–Crippen MR) is 107 cm³/mol. The Bertz CT molecular complexity index is 565. The van der Waals surface area contributed by atoms with Gasteiger partial charge in [0.05, 0.1) is 6.54 Å². The van der Waals surface area contributed by atoms with Crippen molar-refractivity contribution in [3.05, 3.63) is 22.4 Å². The average molecular weight is 385 g/mol. The van der Waals surface area contributed by atoms with Crippen molar-refractivity contribution in [1.82, 2.24) is 16.0 Å². The topological polar surface area (TPSA) is 95.0 Å². The minimum atomic E-state index is -0.991. The van der Waals surface area contributed by atoms with E-state index in [1.807, 2.05) is 45.2 Å². The maximum Gasteiger partial charge on any atom is 0.407 e. The maximum absolute atomic E-state index is 11.6. The van der Waals surface area contributed by atoms with Gasteiger partial charge in [0.1, 0.15) is 11.2 Å². The van der Waals surface area contributed by atoms with E-state index in [1.165, 1.54) is 11.3 Å². The Labute approximate surface area is 160 Å². The zero-order valence-corrected chi connectivity index (χ0v) is 17.2. The van der Waals surface area contributed by atoms with Crippen LogP contribution in [0.5, 0.6) is 0 Å². The Hall–Kier alpha value is -1.80. The third-order valence-electron chi connectivity index (χ3n) is 3.26. The second-order valence-electron chi connectivity index (χ2n) is 7.16. The highest BCUT2D eigenvalue weighted by Crippen LogP contribution is 2.25. The standard InChI is InChI=1S/C18H32N4O3S/c1-6-19-15(22-13-18(5,24)14-9-7-12-26-14)20-10-8-11-21-16(23)25-17(2,3)4/h7,9,12,24H,6,8,10-11,13H2,1-5H3,(H,21,23)(H2,19,20,22). The molecule has 4 N–H and O–H groups in total. The molecule has 7 nitrogen and oxygen atoms in total. The van der Waals surface area contributed by atoms with Crippen molar-refractivity contribution in [2.24, 2.45) is 4.99 Å². The third-order valence-corrected chi connectivity index (χ3v) is 4.38. The predicted octanol–water partition coefficient (Wildman–Crippen LogP) is 2.43. The summed E-state index contributed by atoms with van der Waals surface area (Å²) < 4.78 is 5.18. The number of guanidine groups is 1. The van der Waals surface area contributed by atoms with Gasteiger partial charge in [-0.15, -0.1) is 11.3 Å². The number of rotatable bonds is 8. The average Bonchev–Trinajstić information content (AvgIpc) is 3.05. The summed E-state index contributed by atoms with van der Waals surface area (Å²) in [7, 11) is 0. The van der Waals surface area contributed by atoms with Crippen molar-refractivity contribution >= 4 is 23.4 Å². The van der Waals surface area contributed by atoms with Crippen LogP contribution in [0, 0.1) is 0 Å². The van der Waals surface area contributed by atoms with Crippen molar-refractivity contribution < 1.29 is 14.6 Å². The summed E-state index contributed by atoms with van der Waals surface area (Å²) in [6, 6.07) is 3.82. The lowest BCUT2D eigenvalue weighted by Crippen LogP contribution is -2.40. The number of nitrogens with zero attached hydrogens (tertiary/aromatic N) is 1. The summed E-state index contributed by atoms with van der Waals surface area (Å²) in [5.74, 6) is 0.640. The molecule has 8 heteroatoms. The van der Waals surface area contributed by atoms with Gasteiger partial charge in [0.15, 0.2) is 5.96 Å². The maximum atomic E-state index is 11.6. The molecule has 0 aliphatic heterocycles. The Kier molecular flexibility index (Phi) is 8.87. The van der Waals surface area contributed by atoms with Gasteiger partial charge in [-0.1, -0.05) is 6.07 Å². The highest BCUT2D eigenvalue weighted by atomic mass is 32.1. The molecule has 1 aromatic rings. The van der Waals surface area contributed by atoms with Crippen molar-refractivity contribution in [2.45, 2.75) is 52.2 Å². The van der Waals surface area contributed by atoms with Crippen LogP contribution in [0.2, 0.25) is 0 Å². The van der Waals surface area contributed by atoms with Crippen LogP contribution >= 0.6 is 11.3 Å². The number of alkyl carbamates (subject to hydrolysis) is 1. The van der Waals surface area contributed by atoms with Crippen molar-refractivity contribution in [3.8, 4) is 0 Å². The lowest BCUT2D eigenvalue weighted by Gasteiger charge is -2.21. The second kappa shape index (κ2) is 10.4. The van der Waals surface area contributed by atoms with E-state index in [2.05, 4.69) is 20.9 Å². The number of thiophene rings is 1. The number of carbonyl (C=O) groups excluding carboxylic acids is 1. The van der Waals surface area contributed by atoms with Crippen LogP contribution in [0.1, 0.15) is 45.9 Å². The van der Waals surface area contributed by atoms with Gasteiger partial charge in [0.25, 0.3) is 0 Å². The summed E-state index contributed by atoms with van der Waals surface area (Å²) in [4.78, 5) is 16.9. The zero-order valence-electron chi connectivity index (χ0n) is 16.4. The quantitative estimate of drug-likeness (QED) is 0.314. The minimum absolute atomic E-state index is 0.263. The fourth-order valence-electron chi connectivity index (χ4n) is 2.04. The SMILES string of the molecule is CCNC(=NCC(C)(O)c1cccs1)NCCCNC(=O)OC(C)(C)C. The van der Waals surface area contributed by atoms with Gasteiger partial charge in [-0.25, -0.2) is 9.79 Å². The largest absolute Gasteiger partial charge is 0.444 e. The molecule has 1 heterocycles. The molecule has 1 unspecified atom stereocenters. The number of amides is 1. The highest BCUT2D eigenvalue weighted by molar-refractivity contribution is 7.10. The molecule has 1 amide bonds. The van der Waals surface area contributed by atoms with Gasteiger partial charge in [-0.2, -0.15) is 0 Å². The molecule has 148 valence electrons. The van der Waals surface area contributed by atoms with Gasteiger partial charge < -0.3 is 25.8 Å². The number of aliphatic imine (C=N–C) groups is 1. The summed E-state index contributed by atoms with van der Waals surface area (Å²) in [5.41, 5.74) is -1.48. The molecule has 0 spiro atoms. The number of aliphatic hydroxyl groups is 1. The molecule has 1 atom stereocenters. The molecular weight excluding hydrogens is 352 g/mol. The molecule has 0 saturated carbocycles. The van der Waals surface area contributed by atoms with E-state index in [9.17, 15) is 9.90 Å². The first-order valence-corrected chi connectivity index (χ1v) is 9.77. The van der Waals surface area contributed by atoms with Crippen molar-refractivity contribution in [3.63, 3.8) is 0 Å². The van der Waals surface area contributed by atoms with Crippen molar-refractivity contribution in [2.75, 3.05) is 26.2 Å². The second-order valence-corrected chi connectivity index (χ2v) is 8.10. The van der Waals surface area contributed by atoms with E-state index >= 15 is 0 Å². The van der Waals surface area contributed by atoms with Gasteiger partial charge in [0, 0.05) is 24.5 Å². The Balaban J connectivity index is 2.38. The smallest absolute Gasteiger partial charge is 0.407 e. The van der Waals surface area contributed by atoms with Crippen LogP contribution in [0.3, 0.4) is 0 Å². The summed E-state index contributed by atoms with van der Waals surface area (Å²) in [5, 5.41) is 21.6. The number of nitrogens with one attached hydrogen (secondary N) is 3. The molecular formula is C18H32N4O3S. The first-order valence-electron chi connectivity index (χ1n) is 8.89. The molecule has 1 rings (SSSR count). The van der Waals surface area contributed by atoms with Gasteiger partial charge in [0.2, 0.25) is 0 Å². The molecule has 0 bridgehead atoms. The first-order chi connectivity index (χ1) is 12.1. The highest BCUT2D eigenvalue weighted by Gasteiger charge is 2.24. The Morgan fingerprint density at radius 2 is 1.92 bits per heavy atom. The monoisotopic (exact) mass is 384 g/mol. The normalized spacial score (nSPS) is 14.5. The lowest BCUT2D eigenvalue weighted by molar-refractivity contribution is 0.0527. The van der Waals surface area contributed by atoms with Crippen LogP contribution in [0.15, 0.2) is 22.5 Å². The summed E-state index contributed by atoms with van der Waals surface area (Å²) in [6.45, 7) is 11.4. The van der Waals surface area contributed by atoms with E-state index in [0.29, 0.717) is 19.0 Å². The molecule has 0 radical (unpaired) electrons. The van der Waals surface area contributed by atoms with E-state index in [0.717, 1.165) is 17.8 Å². The van der Waals surface area contributed by atoms with Crippen LogP contribution in [-0.4, -0.2) is 48.9 Å². The summed E-state index contributed by atoms with van der Waals surface area (Å²) in [6.07, 6.45) is 0.315. The molecule has 0 saturated heterocycles. The van der Waals surface area contributed by atoms with E-state index < -0.39 is 17.3 Å². The van der Waals surface area contributed by atoms with Gasteiger partial charge in [-0.3, -0.25) is 0 Å². The minimum Gasteiger partial charge on any atom is -0.444 e. The van der Waals surface area contributed by atoms with Gasteiger partial charge in [-0.05, 0) is 52.5 Å². The molecule has 1 aromatic heterocycles. The van der Waals surface area contributed by atoms with Crippen molar-refractivity contribution in [1.29, 1.82) is 0 Å². The molecule has 0 aromatic carbocycles. The Morgan fingerprint density at radius 3 is 2.50 bits per heavy atom. The number of ether oxygens (including phenoxy) is 1. The van der Waals surface area contributed by atoms with Crippen LogP contribution in [-0.2, 0) is 10.3 Å². The number of hydrogen-bond donors (Lipinski definition) is 4. The van der Waals surface area contributed by atoms with E-state index in [4.69, 9.17) is 4.74 Å². The fourth-order valence-corrected chi connectivity index (χ4v) is 2.82. The number of carbonyl (C=O) groups is 1. The van der Waals surface area contributed by atoms with Gasteiger partial charge >= 0.3 is 6.09 Å². The van der Waals surface area contributed by atoms with Crippen LogP contribution in [0.25, 0.3) is 0 Å². The molecule has 0 aliphatic rings. The van der Waals surface area contributed by atoms with Crippen LogP contribution < -0.4 is 16.0 Å². The third kappa shape index (κ3) is 9.05. The van der Waals surface area contributed by atoms with E-state index in [-0.39, 0.29) is 6.54 Å². The fraction of sp³-hybridized carbons (Fsp3) is 0.667. The molecule has 26 heavy (non-hydrogen) atoms. The Morgan fingerprint density at radius 1 is 1.23 bits per heavy atom.